The fourth-order valence-corrected chi connectivity index (χ4v) is 4.24. The zero-order valence-electron chi connectivity index (χ0n) is 14.2. The van der Waals surface area contributed by atoms with E-state index in [1.165, 1.54) is 37.1 Å². The summed E-state index contributed by atoms with van der Waals surface area (Å²) in [5.41, 5.74) is 3.34. The van der Waals surface area contributed by atoms with Gasteiger partial charge in [0, 0.05) is 43.0 Å². The quantitative estimate of drug-likeness (QED) is 0.823. The van der Waals surface area contributed by atoms with Gasteiger partial charge in [-0.1, -0.05) is 6.42 Å². The van der Waals surface area contributed by atoms with Crippen LogP contribution in [-0.4, -0.2) is 54.0 Å². The molecule has 0 spiro atoms. The molecule has 3 aliphatic rings. The molecule has 4 rings (SSSR count). The van der Waals surface area contributed by atoms with E-state index in [-0.39, 0.29) is 30.7 Å². The fraction of sp³-hybridized carbons (Fsp3) is 0.611. The molecule has 3 aliphatic heterocycles. The van der Waals surface area contributed by atoms with Crippen molar-refractivity contribution >= 4 is 36.4 Å². The summed E-state index contributed by atoms with van der Waals surface area (Å²) >= 11 is 0. The summed E-state index contributed by atoms with van der Waals surface area (Å²) < 4.78 is 0. The largest absolute Gasteiger partial charge is 0.384 e. The minimum Gasteiger partial charge on any atom is -0.384 e. The van der Waals surface area contributed by atoms with Gasteiger partial charge in [0.05, 0.1) is 0 Å². The second kappa shape index (κ2) is 7.94. The van der Waals surface area contributed by atoms with Gasteiger partial charge in [0.1, 0.15) is 0 Å². The summed E-state index contributed by atoms with van der Waals surface area (Å²) in [5.74, 6) is 0.215. The molecule has 3 heterocycles. The van der Waals surface area contributed by atoms with E-state index in [0.717, 1.165) is 31.6 Å². The summed E-state index contributed by atoms with van der Waals surface area (Å²) in [5, 5.41) is 3.36. The van der Waals surface area contributed by atoms with Gasteiger partial charge in [-0.25, -0.2) is 0 Å². The van der Waals surface area contributed by atoms with Gasteiger partial charge in [0.2, 0.25) is 0 Å². The van der Waals surface area contributed by atoms with Crippen LogP contribution in [0.15, 0.2) is 18.2 Å². The summed E-state index contributed by atoms with van der Waals surface area (Å²) in [6.45, 7) is 6.32. The molecule has 24 heavy (non-hydrogen) atoms. The Bertz CT molecular complexity index is 596. The lowest BCUT2D eigenvalue weighted by Gasteiger charge is -2.47. The highest BCUT2D eigenvalue weighted by Gasteiger charge is 2.35. The summed E-state index contributed by atoms with van der Waals surface area (Å²) in [6.07, 6.45) is 4.89. The molecule has 0 aliphatic carbocycles. The first-order valence-corrected chi connectivity index (χ1v) is 8.64. The molecule has 0 aromatic heterocycles. The number of anilines is 1. The maximum absolute atomic E-state index is 13.0. The topological polar surface area (TPSA) is 35.6 Å². The van der Waals surface area contributed by atoms with Gasteiger partial charge in [0.25, 0.3) is 5.91 Å². The van der Waals surface area contributed by atoms with Crippen LogP contribution in [0, 0.1) is 0 Å². The highest BCUT2D eigenvalue weighted by molar-refractivity contribution is 5.95. The van der Waals surface area contributed by atoms with Gasteiger partial charge < -0.3 is 10.2 Å². The van der Waals surface area contributed by atoms with E-state index in [2.05, 4.69) is 34.2 Å². The van der Waals surface area contributed by atoms with Crippen LogP contribution in [0.2, 0.25) is 0 Å². The van der Waals surface area contributed by atoms with Crippen LogP contribution in [0.5, 0.6) is 0 Å². The van der Waals surface area contributed by atoms with Crippen LogP contribution < -0.4 is 5.32 Å². The molecule has 2 atom stereocenters. The summed E-state index contributed by atoms with van der Waals surface area (Å²) in [7, 11) is 0. The Labute approximate surface area is 156 Å². The third-order valence-corrected chi connectivity index (χ3v) is 5.51. The molecule has 2 unspecified atom stereocenters. The lowest BCUT2D eigenvalue weighted by Crippen LogP contribution is -2.60. The zero-order valence-corrected chi connectivity index (χ0v) is 15.8. The molecule has 2 fully saturated rings. The van der Waals surface area contributed by atoms with Crippen LogP contribution in [0.1, 0.15) is 42.1 Å². The van der Waals surface area contributed by atoms with Gasteiger partial charge in [-0.05, 0) is 56.5 Å². The van der Waals surface area contributed by atoms with Crippen molar-refractivity contribution < 1.29 is 4.79 Å². The number of rotatable bonds is 1. The van der Waals surface area contributed by atoms with E-state index in [9.17, 15) is 4.79 Å². The smallest absolute Gasteiger partial charge is 0.254 e. The lowest BCUT2D eigenvalue weighted by molar-refractivity contribution is 0.0151. The van der Waals surface area contributed by atoms with Crippen molar-refractivity contribution in [2.24, 2.45) is 0 Å². The Kier molecular flexibility index (Phi) is 6.40. The van der Waals surface area contributed by atoms with E-state index in [0.29, 0.717) is 12.1 Å². The number of halogens is 2. The highest BCUT2D eigenvalue weighted by atomic mass is 35.5. The number of fused-ring (bicyclic) bond motifs is 2. The van der Waals surface area contributed by atoms with Gasteiger partial charge >= 0.3 is 0 Å². The SMILES string of the molecule is CC1CN2CCCCC2CN1C(=O)c1ccc2c(c1)CCN2.Cl.Cl. The third-order valence-electron chi connectivity index (χ3n) is 5.51. The number of amides is 1. The second-order valence-corrected chi connectivity index (χ2v) is 7.00. The van der Waals surface area contributed by atoms with Crippen molar-refractivity contribution in [2.45, 2.75) is 44.7 Å². The zero-order chi connectivity index (χ0) is 15.1. The summed E-state index contributed by atoms with van der Waals surface area (Å²) in [6, 6.07) is 7.03. The van der Waals surface area contributed by atoms with Gasteiger partial charge in [0.15, 0.2) is 0 Å². The molecule has 1 aromatic rings. The molecule has 4 nitrogen and oxygen atoms in total. The third kappa shape index (κ3) is 3.51. The van der Waals surface area contributed by atoms with E-state index in [1.807, 2.05) is 6.07 Å². The van der Waals surface area contributed by atoms with Gasteiger partial charge in [-0.3, -0.25) is 9.69 Å². The predicted molar refractivity (Wildman–Crippen MR) is 103 cm³/mol. The maximum Gasteiger partial charge on any atom is 0.254 e. The normalized spacial score (nSPS) is 25.6. The van der Waals surface area contributed by atoms with Crippen molar-refractivity contribution in [1.82, 2.24) is 9.80 Å². The Morgan fingerprint density at radius 2 is 2.04 bits per heavy atom. The van der Waals surface area contributed by atoms with Crippen LogP contribution in [0.25, 0.3) is 0 Å². The van der Waals surface area contributed by atoms with E-state index in [4.69, 9.17) is 0 Å². The number of hydrogen-bond acceptors (Lipinski definition) is 3. The number of carbonyl (C=O) groups is 1. The van der Waals surface area contributed by atoms with E-state index in [1.54, 1.807) is 0 Å². The van der Waals surface area contributed by atoms with Crippen molar-refractivity contribution in [2.75, 3.05) is 31.5 Å². The highest BCUT2D eigenvalue weighted by Crippen LogP contribution is 2.27. The van der Waals surface area contributed by atoms with Crippen molar-refractivity contribution in [1.29, 1.82) is 0 Å². The number of hydrogen-bond donors (Lipinski definition) is 1. The monoisotopic (exact) mass is 371 g/mol. The Balaban J connectivity index is 0.00000104. The molecule has 0 radical (unpaired) electrons. The minimum absolute atomic E-state index is 0. The predicted octanol–water partition coefficient (Wildman–Crippen LogP) is 3.20. The molecular weight excluding hydrogens is 345 g/mol. The van der Waals surface area contributed by atoms with Crippen molar-refractivity contribution in [3.63, 3.8) is 0 Å². The van der Waals surface area contributed by atoms with Gasteiger partial charge in [-0.2, -0.15) is 0 Å². The summed E-state index contributed by atoms with van der Waals surface area (Å²) in [4.78, 5) is 17.7. The minimum atomic E-state index is 0. The Morgan fingerprint density at radius 3 is 2.88 bits per heavy atom. The number of nitrogens with one attached hydrogen (secondary N) is 1. The average Bonchev–Trinajstić information content (AvgIpc) is 3.01. The van der Waals surface area contributed by atoms with Crippen LogP contribution in [-0.2, 0) is 6.42 Å². The first-order chi connectivity index (χ1) is 10.7. The standard InChI is InChI=1S/C18H25N3O.2ClH/c1-13-11-20-9-3-2-4-16(20)12-21(13)18(22)15-5-6-17-14(10-15)7-8-19-17;;/h5-6,10,13,16,19H,2-4,7-9,11-12H2,1H3;2*1H. The maximum atomic E-state index is 13.0. The molecule has 134 valence electrons. The Morgan fingerprint density at radius 1 is 1.21 bits per heavy atom. The molecule has 0 bridgehead atoms. The van der Waals surface area contributed by atoms with Gasteiger partial charge in [-0.15, -0.1) is 24.8 Å². The first kappa shape index (κ1) is 19.4. The second-order valence-electron chi connectivity index (χ2n) is 7.00. The van der Waals surface area contributed by atoms with Crippen LogP contribution in [0.4, 0.5) is 5.69 Å². The Hall–Kier alpha value is -0.970. The molecule has 1 aromatic carbocycles. The first-order valence-electron chi connectivity index (χ1n) is 8.64. The van der Waals surface area contributed by atoms with Crippen molar-refractivity contribution in [3.8, 4) is 0 Å². The molecule has 1 amide bonds. The fourth-order valence-electron chi connectivity index (χ4n) is 4.24. The molecule has 0 saturated carbocycles. The molecular formula is C18H27Cl2N3O. The number of piperidine rings is 1. The number of piperazine rings is 1. The van der Waals surface area contributed by atoms with Crippen LogP contribution in [0.3, 0.4) is 0 Å². The van der Waals surface area contributed by atoms with E-state index >= 15 is 0 Å². The number of carbonyl (C=O) groups excluding carboxylic acids is 1. The average molecular weight is 372 g/mol. The number of nitrogens with zero attached hydrogens (tertiary/aromatic N) is 2. The number of benzene rings is 1. The van der Waals surface area contributed by atoms with E-state index < -0.39 is 0 Å². The molecule has 1 N–H and O–H groups in total. The molecule has 2 saturated heterocycles. The van der Waals surface area contributed by atoms with Crippen LogP contribution >= 0.6 is 24.8 Å². The van der Waals surface area contributed by atoms with Crippen molar-refractivity contribution in [3.05, 3.63) is 29.3 Å². The lowest BCUT2D eigenvalue weighted by atomic mass is 9.96. The molecule has 6 heteroatoms.